The van der Waals surface area contributed by atoms with Crippen LogP contribution in [0.15, 0.2) is 60.7 Å². The maximum Gasteiger partial charge on any atom is -0.0398 e. The average Bonchev–Trinajstić information content (AvgIpc) is 2.82. The van der Waals surface area contributed by atoms with Crippen LogP contribution in [0, 0.1) is 13.8 Å². The maximum absolute atomic E-state index is 2.23. The molecule has 2 rings (SSSR count). The molecule has 0 atom stereocenters. The summed E-state index contributed by atoms with van der Waals surface area (Å²) in [7, 11) is 0. The molecule has 0 radical (unpaired) electrons. The van der Waals surface area contributed by atoms with E-state index < -0.39 is 0 Å². The van der Waals surface area contributed by atoms with Gasteiger partial charge in [0.1, 0.15) is 0 Å². The smallest absolute Gasteiger partial charge is 0.0398 e. The Labute approximate surface area is 204 Å². The van der Waals surface area contributed by atoms with Gasteiger partial charge in [0.05, 0.1) is 0 Å². The molecule has 0 saturated carbocycles. The second kappa shape index (κ2) is 34.1. The van der Waals surface area contributed by atoms with Crippen molar-refractivity contribution >= 4 is 0 Å². The number of aryl methyl sites for hydroxylation is 2. The fourth-order valence-corrected chi connectivity index (χ4v) is 2.57. The van der Waals surface area contributed by atoms with Crippen LogP contribution in [0.5, 0.6) is 0 Å². The summed E-state index contributed by atoms with van der Waals surface area (Å²) in [6, 6.07) is 20.5. The first-order valence-electron chi connectivity index (χ1n) is 13.6. The Morgan fingerprint density at radius 2 is 0.531 bits per heavy atom. The van der Waals surface area contributed by atoms with Gasteiger partial charge in [-0.2, -0.15) is 0 Å². The molecular weight excluding hydrogens is 384 g/mol. The lowest BCUT2D eigenvalue weighted by molar-refractivity contribution is 0.702. The fraction of sp³-hybridized carbons (Fsp3) is 0.625. The fourth-order valence-electron chi connectivity index (χ4n) is 2.57. The molecule has 0 N–H and O–H groups in total. The molecule has 0 aliphatic rings. The summed E-state index contributed by atoms with van der Waals surface area (Å²) >= 11 is 0. The van der Waals surface area contributed by atoms with Gasteiger partial charge in [0.15, 0.2) is 0 Å². The zero-order valence-electron chi connectivity index (χ0n) is 23.3. The number of hydrogen-bond donors (Lipinski definition) is 0. The van der Waals surface area contributed by atoms with E-state index in [1.54, 1.807) is 0 Å². The summed E-state index contributed by atoms with van der Waals surface area (Å²) in [5, 5.41) is 0. The molecule has 0 spiro atoms. The minimum absolute atomic E-state index is 1.32. The van der Waals surface area contributed by atoms with E-state index in [1.165, 1.54) is 88.2 Å². The number of benzene rings is 2. The highest BCUT2D eigenvalue weighted by atomic mass is 13.8. The third kappa shape index (κ3) is 39.0. The molecule has 0 aromatic heterocycles. The van der Waals surface area contributed by atoms with Crippen LogP contribution in [-0.2, 0) is 0 Å². The predicted molar refractivity (Wildman–Crippen MR) is 152 cm³/mol. The Balaban J connectivity index is -0.000000330. The maximum atomic E-state index is 2.23. The van der Waals surface area contributed by atoms with E-state index >= 15 is 0 Å². The number of rotatable bonds is 9. The second-order valence-electron chi connectivity index (χ2n) is 8.43. The molecule has 0 aliphatic heterocycles. The molecule has 186 valence electrons. The van der Waals surface area contributed by atoms with Crippen molar-refractivity contribution in [2.45, 2.75) is 132 Å². The van der Waals surface area contributed by atoms with Crippen LogP contribution < -0.4 is 0 Å². The molecule has 0 nitrogen and oxygen atoms in total. The van der Waals surface area contributed by atoms with E-state index in [1.807, 2.05) is 36.4 Å². The number of unbranched alkanes of at least 4 members (excludes halogenated alkanes) is 9. The Kier molecular flexibility index (Phi) is 37.3. The largest absolute Gasteiger partial charge is 0.0654 e. The predicted octanol–water partition coefficient (Wildman–Crippen LogP) is 11.7. The van der Waals surface area contributed by atoms with Gasteiger partial charge in [0.25, 0.3) is 0 Å². The first-order chi connectivity index (χ1) is 15.5. The molecular formula is C32H58. The summed E-state index contributed by atoms with van der Waals surface area (Å²) in [5.41, 5.74) is 2.64. The van der Waals surface area contributed by atoms with Crippen molar-refractivity contribution in [2.24, 2.45) is 0 Å². The molecule has 0 heteroatoms. The highest BCUT2D eigenvalue weighted by molar-refractivity contribution is 5.12. The molecule has 0 saturated heterocycles. The Bertz CT molecular complexity index is 432. The lowest BCUT2D eigenvalue weighted by Gasteiger charge is -1.86. The van der Waals surface area contributed by atoms with Crippen molar-refractivity contribution in [1.29, 1.82) is 0 Å². The molecule has 2 aromatic carbocycles. The Morgan fingerprint density at radius 3 is 0.625 bits per heavy atom. The molecule has 0 heterocycles. The molecule has 0 bridgehead atoms. The minimum atomic E-state index is 1.32. The van der Waals surface area contributed by atoms with Gasteiger partial charge in [-0.05, 0) is 13.8 Å². The normalized spacial score (nSPS) is 8.88. The van der Waals surface area contributed by atoms with E-state index in [-0.39, 0.29) is 0 Å². The second-order valence-corrected chi connectivity index (χ2v) is 8.43. The van der Waals surface area contributed by atoms with Crippen molar-refractivity contribution < 1.29 is 0 Å². The van der Waals surface area contributed by atoms with Crippen molar-refractivity contribution in [3.05, 3.63) is 71.8 Å². The van der Waals surface area contributed by atoms with Crippen LogP contribution in [0.1, 0.15) is 130 Å². The van der Waals surface area contributed by atoms with Crippen molar-refractivity contribution in [2.75, 3.05) is 0 Å². The van der Waals surface area contributed by atoms with E-state index in [2.05, 4.69) is 79.7 Å². The summed E-state index contributed by atoms with van der Waals surface area (Å²) in [5.74, 6) is 0. The van der Waals surface area contributed by atoms with Crippen molar-refractivity contribution in [3.8, 4) is 0 Å². The van der Waals surface area contributed by atoms with Gasteiger partial charge < -0.3 is 0 Å². The standard InChI is InChI=1S/2C7H8.3C6H14/c2*1-7-5-3-2-4-6-7;3*1-3-5-6-4-2/h2*2-6H,1H3;3*3-6H2,1-2H3. The van der Waals surface area contributed by atoms with Crippen LogP contribution in [0.25, 0.3) is 0 Å². The van der Waals surface area contributed by atoms with Crippen molar-refractivity contribution in [3.63, 3.8) is 0 Å². The third-order valence-corrected chi connectivity index (χ3v) is 4.75. The van der Waals surface area contributed by atoms with E-state index in [0.717, 1.165) is 0 Å². The Morgan fingerprint density at radius 1 is 0.344 bits per heavy atom. The molecule has 2 aromatic rings. The quantitative estimate of drug-likeness (QED) is 0.339. The summed E-state index contributed by atoms with van der Waals surface area (Å²) < 4.78 is 0. The highest BCUT2D eigenvalue weighted by Gasteiger charge is 1.76. The number of hydrogen-bond acceptors (Lipinski definition) is 0. The highest BCUT2D eigenvalue weighted by Crippen LogP contribution is 1.96. The van der Waals surface area contributed by atoms with E-state index in [9.17, 15) is 0 Å². The lowest BCUT2D eigenvalue weighted by atomic mass is 10.2. The topological polar surface area (TPSA) is 0 Å². The van der Waals surface area contributed by atoms with Crippen LogP contribution in [0.4, 0.5) is 0 Å². The SMILES string of the molecule is CCCCCC.CCCCCC.CCCCCC.Cc1ccccc1.Cc1ccccc1. The van der Waals surface area contributed by atoms with Crippen molar-refractivity contribution in [1.82, 2.24) is 0 Å². The molecule has 32 heavy (non-hydrogen) atoms. The molecule has 0 unspecified atom stereocenters. The van der Waals surface area contributed by atoms with E-state index in [4.69, 9.17) is 0 Å². The van der Waals surface area contributed by atoms with Crippen LogP contribution in [0.3, 0.4) is 0 Å². The minimum Gasteiger partial charge on any atom is -0.0654 e. The Hall–Kier alpha value is -1.56. The lowest BCUT2D eigenvalue weighted by Crippen LogP contribution is -1.66. The third-order valence-electron chi connectivity index (χ3n) is 4.75. The van der Waals surface area contributed by atoms with Gasteiger partial charge in [0, 0.05) is 0 Å². The zero-order valence-corrected chi connectivity index (χ0v) is 23.3. The summed E-state index contributed by atoms with van der Waals surface area (Å²) in [6.45, 7) is 17.6. The van der Waals surface area contributed by atoms with E-state index in [0.29, 0.717) is 0 Å². The zero-order chi connectivity index (χ0) is 24.7. The monoisotopic (exact) mass is 442 g/mol. The molecule has 0 fully saturated rings. The van der Waals surface area contributed by atoms with Gasteiger partial charge in [-0.25, -0.2) is 0 Å². The molecule has 0 aliphatic carbocycles. The molecule has 0 amide bonds. The summed E-state index contributed by atoms with van der Waals surface area (Å²) in [4.78, 5) is 0. The average molecular weight is 443 g/mol. The van der Waals surface area contributed by atoms with Crippen LogP contribution in [0.2, 0.25) is 0 Å². The van der Waals surface area contributed by atoms with Gasteiger partial charge in [-0.15, -0.1) is 0 Å². The first-order valence-corrected chi connectivity index (χ1v) is 13.6. The van der Waals surface area contributed by atoms with Gasteiger partial charge in [0.2, 0.25) is 0 Å². The van der Waals surface area contributed by atoms with Crippen LogP contribution in [-0.4, -0.2) is 0 Å². The van der Waals surface area contributed by atoms with Crippen LogP contribution >= 0.6 is 0 Å². The summed E-state index contributed by atoms with van der Waals surface area (Å²) in [6.07, 6.45) is 16.6. The first kappa shape index (κ1) is 35.0. The van der Waals surface area contributed by atoms with Gasteiger partial charge in [-0.3, -0.25) is 0 Å². The van der Waals surface area contributed by atoms with Gasteiger partial charge in [-0.1, -0.05) is 190 Å². The van der Waals surface area contributed by atoms with Gasteiger partial charge >= 0.3 is 0 Å².